The first-order valence-electron chi connectivity index (χ1n) is 5.89. The molecule has 0 radical (unpaired) electrons. The van der Waals surface area contributed by atoms with Crippen molar-refractivity contribution in [3.05, 3.63) is 27.7 Å². The number of carbonyl (C=O) groups excluding carboxylic acids is 1. The summed E-state index contributed by atoms with van der Waals surface area (Å²) in [5.74, 6) is 0.143. The molecule has 8 heteroatoms. The summed E-state index contributed by atoms with van der Waals surface area (Å²) in [6, 6.07) is 2.28. The highest BCUT2D eigenvalue weighted by molar-refractivity contribution is 8.13. The number of carbonyl (C=O) groups is 1. The molecule has 1 aromatic rings. The molecule has 1 saturated carbocycles. The molecular formula is C12H12Cl3NO3S. The van der Waals surface area contributed by atoms with E-state index in [0.717, 1.165) is 25.0 Å². The Morgan fingerprint density at radius 1 is 1.35 bits per heavy atom. The van der Waals surface area contributed by atoms with Crippen molar-refractivity contribution in [1.82, 2.24) is 4.90 Å². The Morgan fingerprint density at radius 2 is 1.95 bits per heavy atom. The number of benzene rings is 1. The van der Waals surface area contributed by atoms with Crippen molar-refractivity contribution in [3.8, 4) is 0 Å². The van der Waals surface area contributed by atoms with Crippen LogP contribution in [0.4, 0.5) is 0 Å². The highest BCUT2D eigenvalue weighted by atomic mass is 35.7. The van der Waals surface area contributed by atoms with E-state index in [2.05, 4.69) is 0 Å². The van der Waals surface area contributed by atoms with Gasteiger partial charge in [0, 0.05) is 24.3 Å². The summed E-state index contributed by atoms with van der Waals surface area (Å²) in [6.45, 7) is 0.616. The Balaban J connectivity index is 2.38. The summed E-state index contributed by atoms with van der Waals surface area (Å²) >= 11 is 11.9. The zero-order valence-corrected chi connectivity index (χ0v) is 13.7. The molecule has 0 N–H and O–H groups in total. The lowest BCUT2D eigenvalue weighted by atomic mass is 10.2. The molecule has 0 unspecified atom stereocenters. The fourth-order valence-corrected chi connectivity index (χ4v) is 3.10. The monoisotopic (exact) mass is 355 g/mol. The largest absolute Gasteiger partial charge is 0.341 e. The minimum Gasteiger partial charge on any atom is -0.341 e. The minimum atomic E-state index is -3.98. The van der Waals surface area contributed by atoms with Gasteiger partial charge in [-0.05, 0) is 30.9 Å². The van der Waals surface area contributed by atoms with E-state index in [9.17, 15) is 13.2 Å². The lowest BCUT2D eigenvalue weighted by Crippen LogP contribution is -2.29. The highest BCUT2D eigenvalue weighted by Crippen LogP contribution is 2.33. The standard InChI is InChI=1S/C12H12Cl3NO3S/c1-16(6-7-2-3-7)12(17)9-4-8(20(15,18)19)5-10(13)11(9)14/h4-5,7H,2-3,6H2,1H3. The van der Waals surface area contributed by atoms with Crippen molar-refractivity contribution < 1.29 is 13.2 Å². The molecule has 1 aliphatic rings. The van der Waals surface area contributed by atoms with Gasteiger partial charge in [-0.2, -0.15) is 0 Å². The van der Waals surface area contributed by atoms with Gasteiger partial charge < -0.3 is 4.90 Å². The molecule has 1 aliphatic carbocycles. The Kier molecular flexibility index (Phi) is 4.54. The first-order valence-corrected chi connectivity index (χ1v) is 8.96. The van der Waals surface area contributed by atoms with E-state index in [1.807, 2.05) is 0 Å². The Hall–Kier alpha value is -0.490. The van der Waals surface area contributed by atoms with Crippen molar-refractivity contribution in [2.45, 2.75) is 17.7 Å². The predicted octanol–water partition coefficient (Wildman–Crippen LogP) is 3.40. The fraction of sp³-hybridized carbons (Fsp3) is 0.417. The van der Waals surface area contributed by atoms with Crippen LogP contribution in [-0.4, -0.2) is 32.8 Å². The van der Waals surface area contributed by atoms with Gasteiger partial charge in [0.2, 0.25) is 0 Å². The van der Waals surface area contributed by atoms with E-state index >= 15 is 0 Å². The van der Waals surface area contributed by atoms with Crippen LogP contribution in [0, 0.1) is 5.92 Å². The van der Waals surface area contributed by atoms with Gasteiger partial charge in [0.15, 0.2) is 0 Å². The quantitative estimate of drug-likeness (QED) is 0.777. The summed E-state index contributed by atoms with van der Waals surface area (Å²) in [5, 5.41) is 0.0138. The van der Waals surface area contributed by atoms with Crippen LogP contribution >= 0.6 is 33.9 Å². The van der Waals surface area contributed by atoms with Gasteiger partial charge in [0.05, 0.1) is 20.5 Å². The van der Waals surface area contributed by atoms with Crippen LogP contribution in [-0.2, 0) is 9.05 Å². The van der Waals surface area contributed by atoms with E-state index in [0.29, 0.717) is 12.5 Å². The van der Waals surface area contributed by atoms with E-state index in [-0.39, 0.29) is 26.4 Å². The van der Waals surface area contributed by atoms with Crippen LogP contribution < -0.4 is 0 Å². The molecule has 0 atom stereocenters. The number of hydrogen-bond acceptors (Lipinski definition) is 3. The number of hydrogen-bond donors (Lipinski definition) is 0. The first-order chi connectivity index (χ1) is 9.20. The molecule has 0 spiro atoms. The molecule has 0 saturated heterocycles. The van der Waals surface area contributed by atoms with Gasteiger partial charge in [0.1, 0.15) is 0 Å². The first kappa shape index (κ1) is 15.9. The second kappa shape index (κ2) is 5.72. The maximum atomic E-state index is 12.3. The maximum Gasteiger partial charge on any atom is 0.261 e. The number of rotatable bonds is 4. The van der Waals surface area contributed by atoms with Gasteiger partial charge in [-0.15, -0.1) is 0 Å². The van der Waals surface area contributed by atoms with Gasteiger partial charge in [-0.25, -0.2) is 8.42 Å². The van der Waals surface area contributed by atoms with E-state index < -0.39 is 9.05 Å². The number of nitrogens with zero attached hydrogens (tertiary/aromatic N) is 1. The lowest BCUT2D eigenvalue weighted by molar-refractivity contribution is 0.0788. The predicted molar refractivity (Wildman–Crippen MR) is 79.2 cm³/mol. The lowest BCUT2D eigenvalue weighted by Gasteiger charge is -2.18. The van der Waals surface area contributed by atoms with Gasteiger partial charge in [0.25, 0.3) is 15.0 Å². The topological polar surface area (TPSA) is 54.5 Å². The van der Waals surface area contributed by atoms with Crippen molar-refractivity contribution in [1.29, 1.82) is 0 Å². The molecule has 2 rings (SSSR count). The third kappa shape index (κ3) is 3.58. The Morgan fingerprint density at radius 3 is 2.45 bits per heavy atom. The molecule has 0 bridgehead atoms. The van der Waals surface area contributed by atoms with Crippen molar-refractivity contribution in [3.63, 3.8) is 0 Å². The van der Waals surface area contributed by atoms with Crippen LogP contribution in [0.25, 0.3) is 0 Å². The fourth-order valence-electron chi connectivity index (χ4n) is 1.84. The molecule has 0 heterocycles. The summed E-state index contributed by atoms with van der Waals surface area (Å²) in [5.41, 5.74) is 0.0431. The van der Waals surface area contributed by atoms with Gasteiger partial charge >= 0.3 is 0 Å². The zero-order valence-electron chi connectivity index (χ0n) is 10.6. The normalized spacial score (nSPS) is 15.2. The van der Waals surface area contributed by atoms with Crippen molar-refractivity contribution in [2.75, 3.05) is 13.6 Å². The molecule has 0 aromatic heterocycles. The SMILES string of the molecule is CN(CC1CC1)C(=O)c1cc(S(=O)(=O)Cl)cc(Cl)c1Cl. The molecule has 4 nitrogen and oxygen atoms in total. The Labute approximate surface area is 132 Å². The summed E-state index contributed by atoms with van der Waals surface area (Å²) < 4.78 is 22.7. The van der Waals surface area contributed by atoms with Crippen LogP contribution in [0.3, 0.4) is 0 Å². The average Bonchev–Trinajstić information content (AvgIpc) is 3.14. The third-order valence-corrected chi connectivity index (χ3v) is 5.22. The van der Waals surface area contributed by atoms with Crippen molar-refractivity contribution in [2.24, 2.45) is 5.92 Å². The maximum absolute atomic E-state index is 12.3. The van der Waals surface area contributed by atoms with Crippen LogP contribution in [0.15, 0.2) is 17.0 Å². The molecule has 20 heavy (non-hydrogen) atoms. The van der Waals surface area contributed by atoms with E-state index in [1.54, 1.807) is 7.05 Å². The molecular weight excluding hydrogens is 345 g/mol. The van der Waals surface area contributed by atoms with Crippen LogP contribution in [0.2, 0.25) is 10.0 Å². The summed E-state index contributed by atoms with van der Waals surface area (Å²) in [4.78, 5) is 13.6. The average molecular weight is 357 g/mol. The van der Waals surface area contributed by atoms with Gasteiger partial charge in [-0.3, -0.25) is 4.79 Å². The van der Waals surface area contributed by atoms with E-state index in [1.165, 1.54) is 4.90 Å². The summed E-state index contributed by atoms with van der Waals surface area (Å²) in [7, 11) is 2.95. The second-order valence-corrected chi connectivity index (χ2v) is 8.18. The minimum absolute atomic E-state index is 0.0171. The Bertz CT molecular complexity index is 656. The smallest absolute Gasteiger partial charge is 0.261 e. The molecule has 1 fully saturated rings. The highest BCUT2D eigenvalue weighted by Gasteiger charge is 2.27. The van der Waals surface area contributed by atoms with Gasteiger partial charge in [-0.1, -0.05) is 23.2 Å². The number of amides is 1. The third-order valence-electron chi connectivity index (χ3n) is 3.09. The second-order valence-electron chi connectivity index (χ2n) is 4.83. The molecule has 110 valence electrons. The molecule has 1 amide bonds. The van der Waals surface area contributed by atoms with E-state index in [4.69, 9.17) is 33.9 Å². The molecule has 1 aromatic carbocycles. The van der Waals surface area contributed by atoms with Crippen LogP contribution in [0.5, 0.6) is 0 Å². The van der Waals surface area contributed by atoms with Crippen molar-refractivity contribution >= 4 is 48.8 Å². The molecule has 0 aliphatic heterocycles. The number of halogens is 3. The zero-order chi connectivity index (χ0) is 15.1. The summed E-state index contributed by atoms with van der Waals surface area (Å²) in [6.07, 6.45) is 2.20. The van der Waals surface area contributed by atoms with Crippen LogP contribution in [0.1, 0.15) is 23.2 Å².